The van der Waals surface area contributed by atoms with Crippen LogP contribution in [0.2, 0.25) is 0 Å². The first-order valence-corrected chi connectivity index (χ1v) is 24.4. The van der Waals surface area contributed by atoms with Crippen LogP contribution < -0.4 is 9.80 Å². The Hall–Kier alpha value is -6.84. The van der Waals surface area contributed by atoms with Gasteiger partial charge < -0.3 is 14.4 Å². The van der Waals surface area contributed by atoms with Crippen LogP contribution in [-0.2, 0) is 18.3 Å². The molecule has 0 amide bonds. The van der Waals surface area contributed by atoms with Crippen LogP contribution >= 0.6 is 0 Å². The van der Waals surface area contributed by atoms with Crippen molar-refractivity contribution < 1.29 is 0 Å². The van der Waals surface area contributed by atoms with E-state index < -0.39 is 0 Å². The van der Waals surface area contributed by atoms with E-state index in [9.17, 15) is 0 Å². The molecule has 65 heavy (non-hydrogen) atoms. The van der Waals surface area contributed by atoms with Crippen LogP contribution in [0, 0.1) is 23.7 Å². The molecule has 2 bridgehead atoms. The molecule has 3 fully saturated rings. The summed E-state index contributed by atoms with van der Waals surface area (Å²) in [4.78, 5) is 5.32. The van der Waals surface area contributed by atoms with Gasteiger partial charge in [0.2, 0.25) is 0 Å². The minimum absolute atomic E-state index is 0.123. The van der Waals surface area contributed by atoms with Gasteiger partial charge >= 0.3 is 0 Å². The minimum atomic E-state index is -0.123. The molecule has 9 aromatic rings. The summed E-state index contributed by atoms with van der Waals surface area (Å²) >= 11 is 0. The summed E-state index contributed by atoms with van der Waals surface area (Å²) in [5.74, 6) is 3.36. The summed E-state index contributed by atoms with van der Waals surface area (Å²) in [6.45, 7) is 0. The quantitative estimate of drug-likeness (QED) is 0.151. The smallest absolute Gasteiger partial charge is 0.0561 e. The second-order valence-corrected chi connectivity index (χ2v) is 19.9. The van der Waals surface area contributed by atoms with Gasteiger partial charge in [-0.15, -0.1) is 0 Å². The maximum atomic E-state index is 2.71. The number of hydrogen-bond acceptors (Lipinski definition) is 2. The summed E-state index contributed by atoms with van der Waals surface area (Å²) in [7, 11) is 0. The Kier molecular flexibility index (Phi) is 8.42. The van der Waals surface area contributed by atoms with Crippen molar-refractivity contribution >= 4 is 55.9 Å². The topological polar surface area (TPSA) is 11.4 Å². The van der Waals surface area contributed by atoms with Gasteiger partial charge in [0.1, 0.15) is 0 Å². The molecule has 14 rings (SSSR count). The molecular formula is C62H53N3. The van der Waals surface area contributed by atoms with E-state index in [0.29, 0.717) is 17.8 Å². The lowest BCUT2D eigenvalue weighted by Gasteiger charge is -2.40. The van der Waals surface area contributed by atoms with Gasteiger partial charge in [0.05, 0.1) is 22.4 Å². The van der Waals surface area contributed by atoms with Crippen LogP contribution in [0.5, 0.6) is 0 Å². The molecule has 5 aliphatic rings. The van der Waals surface area contributed by atoms with Gasteiger partial charge in [0.25, 0.3) is 0 Å². The van der Waals surface area contributed by atoms with E-state index in [1.165, 1.54) is 106 Å². The number of hydrogen-bond donors (Lipinski definition) is 0. The van der Waals surface area contributed by atoms with Crippen molar-refractivity contribution in [1.29, 1.82) is 0 Å². The van der Waals surface area contributed by atoms with Crippen LogP contribution in [0.4, 0.5) is 34.1 Å². The van der Waals surface area contributed by atoms with Gasteiger partial charge in [-0.3, -0.25) is 0 Å². The number of anilines is 6. The Balaban J connectivity index is 1.00. The van der Waals surface area contributed by atoms with E-state index in [0.717, 1.165) is 24.7 Å². The number of rotatable bonds is 8. The van der Waals surface area contributed by atoms with Crippen molar-refractivity contribution in [3.8, 4) is 5.69 Å². The Morgan fingerprint density at radius 3 is 1.69 bits per heavy atom. The summed E-state index contributed by atoms with van der Waals surface area (Å²) < 4.78 is 2.46. The first kappa shape index (κ1) is 37.5. The Morgan fingerprint density at radius 2 is 1.02 bits per heavy atom. The monoisotopic (exact) mass is 839 g/mol. The van der Waals surface area contributed by atoms with Crippen molar-refractivity contribution in [2.45, 2.75) is 62.7 Å². The standard InChI is InChI=1S/C62H53N3/c1-4-18-47(19-5-1)63(50-34-35-53-51-24-10-12-26-55(51)65(59(53)40-50)49-22-8-3-9-23-49)57-28-14-16-43-38-45-32-33-46-39-44-17-15-29-58(61(44)62(45,46)60(43)57)64(48-20-6-2-7-21-48)56-27-13-11-25-52(56)54-37-41-30-31-42(54)36-41/h1-29,34-35,40-42,45-46,54H,30-33,36-39H2. The third kappa shape index (κ3) is 5.48. The summed E-state index contributed by atoms with van der Waals surface area (Å²) in [5.41, 5.74) is 18.9. The highest BCUT2D eigenvalue weighted by molar-refractivity contribution is 6.10. The first-order chi connectivity index (χ1) is 32.2. The fraction of sp³-hybridized carbons (Fsp3) is 0.226. The van der Waals surface area contributed by atoms with Crippen LogP contribution in [0.3, 0.4) is 0 Å². The predicted octanol–water partition coefficient (Wildman–Crippen LogP) is 16.1. The average molecular weight is 840 g/mol. The molecule has 3 heteroatoms. The summed E-state index contributed by atoms with van der Waals surface area (Å²) in [5, 5.41) is 2.55. The number of para-hydroxylation sites is 5. The molecule has 1 spiro atoms. The first-order valence-electron chi connectivity index (χ1n) is 24.4. The van der Waals surface area contributed by atoms with Crippen molar-refractivity contribution in [3.63, 3.8) is 0 Å². The van der Waals surface area contributed by atoms with E-state index in [1.54, 1.807) is 22.3 Å². The summed E-state index contributed by atoms with van der Waals surface area (Å²) in [6.07, 6.45) is 10.3. The van der Waals surface area contributed by atoms with Crippen molar-refractivity contribution in [2.24, 2.45) is 23.7 Å². The molecule has 1 aromatic heterocycles. The number of aromatic nitrogens is 1. The molecule has 0 radical (unpaired) electrons. The third-order valence-corrected chi connectivity index (χ3v) is 16.9. The maximum absolute atomic E-state index is 2.71. The zero-order valence-corrected chi connectivity index (χ0v) is 36.9. The SMILES string of the molecule is c1ccc(N(c2ccc3c4ccccc4n(-c4ccccc4)c3c2)c2cccc3c2C24c5c(cccc5N(c5ccccc5)c5ccccc5C5CC6CCC5C6)CC2CCC4C3)cc1. The highest BCUT2D eigenvalue weighted by atomic mass is 15.2. The lowest BCUT2D eigenvalue weighted by molar-refractivity contribution is 0.350. The fourth-order valence-electron chi connectivity index (χ4n) is 14.6. The third-order valence-electron chi connectivity index (χ3n) is 16.9. The van der Waals surface area contributed by atoms with Gasteiger partial charge in [0.15, 0.2) is 0 Å². The molecule has 1 heterocycles. The molecule has 0 saturated heterocycles. The Bertz CT molecular complexity index is 3270. The summed E-state index contributed by atoms with van der Waals surface area (Å²) in [6, 6.07) is 73.7. The van der Waals surface area contributed by atoms with Crippen molar-refractivity contribution in [2.75, 3.05) is 9.80 Å². The fourth-order valence-corrected chi connectivity index (χ4v) is 14.6. The molecule has 0 aliphatic heterocycles. The largest absolute Gasteiger partial charge is 0.310 e. The van der Waals surface area contributed by atoms with Crippen LogP contribution in [0.1, 0.15) is 72.3 Å². The second kappa shape index (κ2) is 14.6. The van der Waals surface area contributed by atoms with Crippen LogP contribution in [-0.4, -0.2) is 4.57 Å². The highest BCUT2D eigenvalue weighted by Crippen LogP contribution is 2.69. The molecule has 316 valence electrons. The van der Waals surface area contributed by atoms with Gasteiger partial charge in [-0.25, -0.2) is 0 Å². The molecule has 0 N–H and O–H groups in total. The second-order valence-electron chi connectivity index (χ2n) is 19.9. The molecule has 6 atom stereocenters. The van der Waals surface area contributed by atoms with E-state index in [4.69, 9.17) is 0 Å². The van der Waals surface area contributed by atoms with E-state index >= 15 is 0 Å². The lowest BCUT2D eigenvalue weighted by atomic mass is 9.68. The number of nitrogens with zero attached hydrogens (tertiary/aromatic N) is 3. The van der Waals surface area contributed by atoms with E-state index in [-0.39, 0.29) is 5.41 Å². The van der Waals surface area contributed by atoms with Crippen molar-refractivity contribution in [3.05, 3.63) is 222 Å². The Labute approximate surface area is 382 Å². The average Bonchev–Trinajstić information content (AvgIpc) is 4.23. The van der Waals surface area contributed by atoms with Gasteiger partial charge in [-0.05, 0) is 175 Å². The molecule has 5 aliphatic carbocycles. The molecule has 6 unspecified atom stereocenters. The van der Waals surface area contributed by atoms with Gasteiger partial charge in [-0.1, -0.05) is 128 Å². The lowest BCUT2D eigenvalue weighted by Crippen LogP contribution is -2.34. The number of fused-ring (bicyclic) bond motifs is 7. The van der Waals surface area contributed by atoms with E-state index in [1.807, 2.05) is 0 Å². The maximum Gasteiger partial charge on any atom is 0.0561 e. The van der Waals surface area contributed by atoms with Gasteiger partial charge in [0, 0.05) is 44.6 Å². The molecule has 8 aromatic carbocycles. The molecular weight excluding hydrogens is 787 g/mol. The zero-order chi connectivity index (χ0) is 42.6. The number of benzene rings is 8. The van der Waals surface area contributed by atoms with Crippen molar-refractivity contribution in [1.82, 2.24) is 4.57 Å². The molecule has 3 saturated carbocycles. The Morgan fingerprint density at radius 1 is 0.431 bits per heavy atom. The zero-order valence-electron chi connectivity index (χ0n) is 36.9. The van der Waals surface area contributed by atoms with Crippen LogP contribution in [0.25, 0.3) is 27.5 Å². The predicted molar refractivity (Wildman–Crippen MR) is 269 cm³/mol. The highest BCUT2D eigenvalue weighted by Gasteiger charge is 2.62. The normalized spacial score (nSPS) is 23.4. The van der Waals surface area contributed by atoms with E-state index in [2.05, 4.69) is 208 Å². The van der Waals surface area contributed by atoms with Gasteiger partial charge in [-0.2, -0.15) is 0 Å². The molecule has 3 nitrogen and oxygen atoms in total. The minimum Gasteiger partial charge on any atom is -0.310 e. The van der Waals surface area contributed by atoms with Crippen LogP contribution in [0.15, 0.2) is 194 Å².